The van der Waals surface area contributed by atoms with E-state index >= 15 is 0 Å². The van der Waals surface area contributed by atoms with Crippen LogP contribution in [-0.2, 0) is 11.3 Å². The standard InChI is InChI=1S/C17H20FN3O2/c1-17(16(22)23)5-7-21(8-6-17)11-13-10-19-20-15(13)12-3-2-4-14(18)9-12/h2-4,9-10H,5-8,11H2,1H3,(H,19,20)(H,22,23). The van der Waals surface area contributed by atoms with Gasteiger partial charge in [0.25, 0.3) is 0 Å². The lowest BCUT2D eigenvalue weighted by Gasteiger charge is -2.36. The van der Waals surface area contributed by atoms with Crippen molar-refractivity contribution in [3.05, 3.63) is 41.8 Å². The number of aromatic amines is 1. The van der Waals surface area contributed by atoms with Gasteiger partial charge >= 0.3 is 5.97 Å². The number of nitrogens with one attached hydrogen (secondary N) is 1. The molecule has 0 radical (unpaired) electrons. The SMILES string of the molecule is CC1(C(=O)O)CCN(Cc2cn[nH]c2-c2cccc(F)c2)CC1. The molecule has 1 aliphatic heterocycles. The molecule has 1 aromatic carbocycles. The summed E-state index contributed by atoms with van der Waals surface area (Å²) in [6.45, 7) is 3.95. The lowest BCUT2D eigenvalue weighted by molar-refractivity contribution is -0.150. The predicted octanol–water partition coefficient (Wildman–Crippen LogP) is 2.90. The summed E-state index contributed by atoms with van der Waals surface area (Å²) >= 11 is 0. The van der Waals surface area contributed by atoms with Crippen LogP contribution in [0.1, 0.15) is 25.3 Å². The summed E-state index contributed by atoms with van der Waals surface area (Å²) in [5.74, 6) is -1.00. The van der Waals surface area contributed by atoms with Crippen molar-refractivity contribution in [2.75, 3.05) is 13.1 Å². The molecule has 0 aliphatic carbocycles. The number of nitrogens with zero attached hydrogens (tertiary/aromatic N) is 2. The number of aliphatic carboxylic acids is 1. The first-order chi connectivity index (χ1) is 11.0. The van der Waals surface area contributed by atoms with E-state index in [1.54, 1.807) is 12.3 Å². The molecule has 0 unspecified atom stereocenters. The van der Waals surface area contributed by atoms with E-state index in [4.69, 9.17) is 0 Å². The highest BCUT2D eigenvalue weighted by Gasteiger charge is 2.36. The summed E-state index contributed by atoms with van der Waals surface area (Å²) in [4.78, 5) is 13.5. The van der Waals surface area contributed by atoms with Gasteiger partial charge in [-0.25, -0.2) is 4.39 Å². The summed E-state index contributed by atoms with van der Waals surface area (Å²) in [6.07, 6.45) is 3.02. The molecule has 6 heteroatoms. The molecule has 0 amide bonds. The minimum absolute atomic E-state index is 0.279. The normalized spacial score (nSPS) is 18.0. The number of hydrogen-bond donors (Lipinski definition) is 2. The van der Waals surface area contributed by atoms with Gasteiger partial charge in [0.15, 0.2) is 0 Å². The molecule has 2 aromatic rings. The van der Waals surface area contributed by atoms with Gasteiger partial charge in [0, 0.05) is 17.7 Å². The minimum Gasteiger partial charge on any atom is -0.481 e. The highest BCUT2D eigenvalue weighted by Crippen LogP contribution is 2.32. The third-order valence-corrected chi connectivity index (χ3v) is 4.70. The summed E-state index contributed by atoms with van der Waals surface area (Å²) in [6, 6.07) is 6.41. The molecule has 122 valence electrons. The number of benzene rings is 1. The van der Waals surface area contributed by atoms with Crippen LogP contribution in [0.2, 0.25) is 0 Å². The zero-order chi connectivity index (χ0) is 16.4. The monoisotopic (exact) mass is 317 g/mol. The lowest BCUT2D eigenvalue weighted by atomic mass is 9.80. The average molecular weight is 317 g/mol. The van der Waals surface area contributed by atoms with Gasteiger partial charge < -0.3 is 5.11 Å². The van der Waals surface area contributed by atoms with Crippen molar-refractivity contribution < 1.29 is 14.3 Å². The Morgan fingerprint density at radius 2 is 2.17 bits per heavy atom. The molecule has 2 N–H and O–H groups in total. The van der Waals surface area contributed by atoms with E-state index < -0.39 is 11.4 Å². The summed E-state index contributed by atoms with van der Waals surface area (Å²) in [7, 11) is 0. The number of carboxylic acid groups (broad SMARTS) is 1. The molecule has 2 heterocycles. The van der Waals surface area contributed by atoms with Gasteiger partial charge in [-0.2, -0.15) is 5.10 Å². The van der Waals surface area contributed by atoms with E-state index in [2.05, 4.69) is 15.1 Å². The number of H-pyrrole nitrogens is 1. The fourth-order valence-corrected chi connectivity index (χ4v) is 2.98. The van der Waals surface area contributed by atoms with Crippen molar-refractivity contribution in [1.82, 2.24) is 15.1 Å². The second-order valence-electron chi connectivity index (χ2n) is 6.42. The van der Waals surface area contributed by atoms with Gasteiger partial charge in [-0.3, -0.25) is 14.8 Å². The Hall–Kier alpha value is -2.21. The van der Waals surface area contributed by atoms with Gasteiger partial charge in [-0.1, -0.05) is 12.1 Å². The van der Waals surface area contributed by atoms with E-state index in [9.17, 15) is 14.3 Å². The molecular weight excluding hydrogens is 297 g/mol. The van der Waals surface area contributed by atoms with Crippen molar-refractivity contribution in [3.63, 3.8) is 0 Å². The molecule has 3 rings (SSSR count). The second-order valence-corrected chi connectivity index (χ2v) is 6.42. The Labute approximate surface area is 134 Å². The zero-order valence-corrected chi connectivity index (χ0v) is 13.1. The first-order valence-corrected chi connectivity index (χ1v) is 7.72. The van der Waals surface area contributed by atoms with E-state index in [0.717, 1.165) is 29.9 Å². The molecular formula is C17H20FN3O2. The first-order valence-electron chi connectivity index (χ1n) is 7.72. The largest absolute Gasteiger partial charge is 0.481 e. The van der Waals surface area contributed by atoms with Crippen LogP contribution >= 0.6 is 0 Å². The number of hydrogen-bond acceptors (Lipinski definition) is 3. The molecule has 1 fully saturated rings. The maximum absolute atomic E-state index is 13.4. The third kappa shape index (κ3) is 3.27. The van der Waals surface area contributed by atoms with Crippen molar-refractivity contribution in [1.29, 1.82) is 0 Å². The van der Waals surface area contributed by atoms with Crippen molar-refractivity contribution in [2.24, 2.45) is 5.41 Å². The molecule has 1 aromatic heterocycles. The summed E-state index contributed by atoms with van der Waals surface area (Å²) in [5.41, 5.74) is 1.95. The Balaban J connectivity index is 1.71. The molecule has 0 spiro atoms. The average Bonchev–Trinajstić information content (AvgIpc) is 2.98. The van der Waals surface area contributed by atoms with Crippen molar-refractivity contribution in [2.45, 2.75) is 26.3 Å². The summed E-state index contributed by atoms with van der Waals surface area (Å²) < 4.78 is 13.4. The van der Waals surface area contributed by atoms with Crippen molar-refractivity contribution in [3.8, 4) is 11.3 Å². The van der Waals surface area contributed by atoms with Crippen molar-refractivity contribution >= 4 is 5.97 Å². The van der Waals surface area contributed by atoms with Gasteiger partial charge in [0.1, 0.15) is 5.82 Å². The maximum Gasteiger partial charge on any atom is 0.309 e. The van der Waals surface area contributed by atoms with Crippen LogP contribution in [0.5, 0.6) is 0 Å². The molecule has 0 saturated carbocycles. The number of carboxylic acids is 1. The molecule has 1 aliphatic rings. The van der Waals surface area contributed by atoms with Crippen LogP contribution in [0, 0.1) is 11.2 Å². The Morgan fingerprint density at radius 1 is 1.43 bits per heavy atom. The van der Waals surface area contributed by atoms with Gasteiger partial charge in [-0.05, 0) is 45.0 Å². The smallest absolute Gasteiger partial charge is 0.309 e. The van der Waals surface area contributed by atoms with Crippen LogP contribution in [-0.4, -0.2) is 39.3 Å². The lowest BCUT2D eigenvalue weighted by Crippen LogP contribution is -2.42. The van der Waals surface area contributed by atoms with E-state index in [0.29, 0.717) is 19.4 Å². The van der Waals surface area contributed by atoms with Crippen LogP contribution in [0.4, 0.5) is 4.39 Å². The van der Waals surface area contributed by atoms with Crippen LogP contribution in [0.15, 0.2) is 30.5 Å². The van der Waals surface area contributed by atoms with Crippen LogP contribution < -0.4 is 0 Å². The quantitative estimate of drug-likeness (QED) is 0.910. The van der Waals surface area contributed by atoms with E-state index in [1.807, 2.05) is 13.0 Å². The van der Waals surface area contributed by atoms with Gasteiger partial charge in [0.05, 0.1) is 17.3 Å². The predicted molar refractivity (Wildman–Crippen MR) is 84.2 cm³/mol. The Kier molecular flexibility index (Phi) is 4.17. The third-order valence-electron chi connectivity index (χ3n) is 4.70. The van der Waals surface area contributed by atoms with E-state index in [-0.39, 0.29) is 5.82 Å². The zero-order valence-electron chi connectivity index (χ0n) is 13.1. The second kappa shape index (κ2) is 6.12. The molecule has 0 bridgehead atoms. The fourth-order valence-electron chi connectivity index (χ4n) is 2.98. The fraction of sp³-hybridized carbons (Fsp3) is 0.412. The minimum atomic E-state index is -0.721. The van der Waals surface area contributed by atoms with Gasteiger partial charge in [0.2, 0.25) is 0 Å². The topological polar surface area (TPSA) is 69.2 Å². The number of rotatable bonds is 4. The molecule has 0 atom stereocenters. The van der Waals surface area contributed by atoms with Crippen LogP contribution in [0.3, 0.4) is 0 Å². The molecule has 5 nitrogen and oxygen atoms in total. The van der Waals surface area contributed by atoms with Crippen LogP contribution in [0.25, 0.3) is 11.3 Å². The van der Waals surface area contributed by atoms with Gasteiger partial charge in [-0.15, -0.1) is 0 Å². The summed E-state index contributed by atoms with van der Waals surface area (Å²) in [5, 5.41) is 16.3. The van der Waals surface area contributed by atoms with E-state index in [1.165, 1.54) is 12.1 Å². The Morgan fingerprint density at radius 3 is 2.83 bits per heavy atom. The number of piperidine rings is 1. The highest BCUT2D eigenvalue weighted by molar-refractivity contribution is 5.74. The number of halogens is 1. The maximum atomic E-state index is 13.4. The number of carbonyl (C=O) groups is 1. The highest BCUT2D eigenvalue weighted by atomic mass is 19.1. The molecule has 1 saturated heterocycles. The molecule has 23 heavy (non-hydrogen) atoms. The Bertz CT molecular complexity index is 705. The number of aromatic nitrogens is 2. The first kappa shape index (κ1) is 15.7. The number of likely N-dealkylation sites (tertiary alicyclic amines) is 1.